The van der Waals surface area contributed by atoms with Gasteiger partial charge in [-0.2, -0.15) is 5.26 Å². The van der Waals surface area contributed by atoms with Crippen molar-refractivity contribution in [2.75, 3.05) is 0 Å². The summed E-state index contributed by atoms with van der Waals surface area (Å²) in [4.78, 5) is 3.99. The molecule has 0 saturated heterocycles. The Bertz CT molecular complexity index is 536. The largest absolute Gasteiger partial charge is 0.263 e. The van der Waals surface area contributed by atoms with E-state index in [4.69, 9.17) is 5.26 Å². The zero-order chi connectivity index (χ0) is 11.2. The van der Waals surface area contributed by atoms with Gasteiger partial charge in [0.05, 0.1) is 5.56 Å². The van der Waals surface area contributed by atoms with Crippen LogP contribution >= 0.6 is 0 Å². The monoisotopic (exact) mass is 206 g/mol. The van der Waals surface area contributed by atoms with E-state index >= 15 is 0 Å². The van der Waals surface area contributed by atoms with Crippen molar-refractivity contribution < 1.29 is 0 Å². The molecule has 0 spiro atoms. The molecule has 0 unspecified atom stereocenters. The minimum absolute atomic E-state index is 0.579. The van der Waals surface area contributed by atoms with Gasteiger partial charge in [0.15, 0.2) is 0 Å². The summed E-state index contributed by atoms with van der Waals surface area (Å²) in [5.41, 5.74) is 2.64. The summed E-state index contributed by atoms with van der Waals surface area (Å²) in [7, 11) is 0. The average Bonchev–Trinajstić information content (AvgIpc) is 2.38. The minimum Gasteiger partial charge on any atom is -0.263 e. The van der Waals surface area contributed by atoms with E-state index in [9.17, 15) is 0 Å². The highest BCUT2D eigenvalue weighted by Crippen LogP contribution is 2.08. The van der Waals surface area contributed by atoms with E-state index in [2.05, 4.69) is 11.1 Å². The van der Waals surface area contributed by atoms with Crippen molar-refractivity contribution in [3.05, 3.63) is 65.5 Å². The lowest BCUT2D eigenvalue weighted by atomic mass is 10.1. The Morgan fingerprint density at radius 1 is 1.00 bits per heavy atom. The summed E-state index contributed by atoms with van der Waals surface area (Å²) in [6, 6.07) is 13.9. The lowest BCUT2D eigenvalue weighted by Gasteiger charge is -1.94. The summed E-state index contributed by atoms with van der Waals surface area (Å²) >= 11 is 0. The summed E-state index contributed by atoms with van der Waals surface area (Å²) in [5, 5.41) is 8.73. The third kappa shape index (κ3) is 2.55. The molecule has 0 aliphatic heterocycles. The van der Waals surface area contributed by atoms with Crippen LogP contribution in [-0.2, 0) is 0 Å². The molecular weight excluding hydrogens is 196 g/mol. The molecule has 2 rings (SSSR count). The van der Waals surface area contributed by atoms with Gasteiger partial charge in [-0.25, -0.2) is 0 Å². The van der Waals surface area contributed by atoms with Crippen LogP contribution in [0.5, 0.6) is 0 Å². The van der Waals surface area contributed by atoms with Crippen molar-refractivity contribution in [2.45, 2.75) is 0 Å². The molecule has 0 saturated carbocycles. The molecule has 2 heteroatoms. The minimum atomic E-state index is 0.579. The molecular formula is C14H10N2. The normalized spacial score (nSPS) is 10.2. The Labute approximate surface area is 94.5 Å². The van der Waals surface area contributed by atoms with Gasteiger partial charge >= 0.3 is 0 Å². The first-order valence-corrected chi connectivity index (χ1v) is 4.97. The maximum Gasteiger partial charge on any atom is 0.101 e. The summed E-state index contributed by atoms with van der Waals surface area (Å²) in [6.45, 7) is 0. The first-order chi connectivity index (χ1) is 7.88. The van der Waals surface area contributed by atoms with Crippen molar-refractivity contribution in [3.63, 3.8) is 0 Å². The van der Waals surface area contributed by atoms with E-state index in [0.717, 1.165) is 11.1 Å². The second kappa shape index (κ2) is 4.90. The zero-order valence-corrected chi connectivity index (χ0v) is 8.67. The first kappa shape index (κ1) is 10.1. The summed E-state index contributed by atoms with van der Waals surface area (Å²) in [5.74, 6) is 0. The van der Waals surface area contributed by atoms with Crippen LogP contribution in [0.1, 0.15) is 16.7 Å². The number of hydrogen-bond donors (Lipinski definition) is 0. The van der Waals surface area contributed by atoms with Crippen LogP contribution in [0.3, 0.4) is 0 Å². The van der Waals surface area contributed by atoms with Crippen LogP contribution in [0.2, 0.25) is 0 Å². The van der Waals surface area contributed by atoms with Crippen LogP contribution in [0.15, 0.2) is 48.8 Å². The van der Waals surface area contributed by atoms with E-state index in [1.165, 1.54) is 0 Å². The van der Waals surface area contributed by atoms with Crippen LogP contribution in [0.4, 0.5) is 0 Å². The number of rotatable bonds is 2. The highest BCUT2D eigenvalue weighted by Gasteiger charge is 1.91. The predicted octanol–water partition coefficient (Wildman–Crippen LogP) is 3.12. The second-order valence-electron chi connectivity index (χ2n) is 3.36. The van der Waals surface area contributed by atoms with Gasteiger partial charge in [0.25, 0.3) is 0 Å². The van der Waals surface area contributed by atoms with Crippen LogP contribution in [0.25, 0.3) is 12.2 Å². The topological polar surface area (TPSA) is 36.7 Å². The fourth-order valence-corrected chi connectivity index (χ4v) is 1.37. The molecule has 0 bridgehead atoms. The summed E-state index contributed by atoms with van der Waals surface area (Å²) < 4.78 is 0. The van der Waals surface area contributed by atoms with Crippen molar-refractivity contribution in [2.24, 2.45) is 0 Å². The molecule has 0 amide bonds. The highest BCUT2D eigenvalue weighted by molar-refractivity contribution is 5.69. The third-order valence-electron chi connectivity index (χ3n) is 2.16. The third-order valence-corrected chi connectivity index (χ3v) is 2.16. The van der Waals surface area contributed by atoms with Gasteiger partial charge in [-0.15, -0.1) is 0 Å². The number of nitrogens with zero attached hydrogens (tertiary/aromatic N) is 2. The Balaban J connectivity index is 2.21. The quantitative estimate of drug-likeness (QED) is 0.756. The maximum absolute atomic E-state index is 8.73. The Morgan fingerprint density at radius 2 is 1.75 bits per heavy atom. The van der Waals surface area contributed by atoms with Crippen LogP contribution in [-0.4, -0.2) is 4.98 Å². The molecule has 1 heterocycles. The van der Waals surface area contributed by atoms with Crippen molar-refractivity contribution in [1.82, 2.24) is 4.98 Å². The molecule has 0 aliphatic carbocycles. The average molecular weight is 206 g/mol. The Kier molecular flexibility index (Phi) is 3.10. The molecule has 76 valence electrons. The molecule has 2 nitrogen and oxygen atoms in total. The van der Waals surface area contributed by atoms with Crippen molar-refractivity contribution in [3.8, 4) is 6.07 Å². The molecule has 0 radical (unpaired) electrons. The molecule has 1 aromatic heterocycles. The smallest absolute Gasteiger partial charge is 0.101 e. The van der Waals surface area contributed by atoms with Crippen LogP contribution in [0, 0.1) is 11.3 Å². The van der Waals surface area contributed by atoms with E-state index < -0.39 is 0 Å². The van der Waals surface area contributed by atoms with Gasteiger partial charge in [-0.1, -0.05) is 42.5 Å². The Hall–Kier alpha value is -2.40. The number of nitriles is 1. The molecule has 16 heavy (non-hydrogen) atoms. The second-order valence-corrected chi connectivity index (χ2v) is 3.36. The first-order valence-electron chi connectivity index (χ1n) is 4.97. The molecule has 0 atom stereocenters. The molecule has 1 aromatic carbocycles. The van der Waals surface area contributed by atoms with Gasteiger partial charge in [0.1, 0.15) is 6.07 Å². The molecule has 0 aliphatic rings. The predicted molar refractivity (Wildman–Crippen MR) is 64.3 cm³/mol. The van der Waals surface area contributed by atoms with E-state index in [1.807, 2.05) is 48.6 Å². The van der Waals surface area contributed by atoms with E-state index in [1.54, 1.807) is 12.4 Å². The number of hydrogen-bond acceptors (Lipinski definition) is 2. The Morgan fingerprint density at radius 3 is 2.50 bits per heavy atom. The van der Waals surface area contributed by atoms with Crippen molar-refractivity contribution >= 4 is 12.2 Å². The fourth-order valence-electron chi connectivity index (χ4n) is 1.37. The molecule has 2 aromatic rings. The number of benzene rings is 1. The lowest BCUT2D eigenvalue weighted by molar-refractivity contribution is 1.29. The highest BCUT2D eigenvalue weighted by atomic mass is 14.6. The van der Waals surface area contributed by atoms with Gasteiger partial charge in [-0.05, 0) is 17.2 Å². The number of pyridine rings is 1. The maximum atomic E-state index is 8.73. The van der Waals surface area contributed by atoms with Crippen molar-refractivity contribution in [1.29, 1.82) is 5.26 Å². The summed E-state index contributed by atoms with van der Waals surface area (Å²) in [6.07, 6.45) is 7.24. The SMILES string of the molecule is N#Cc1cncc(C=Cc2ccccc2)c1. The van der Waals surface area contributed by atoms with E-state index in [-0.39, 0.29) is 0 Å². The molecule has 0 fully saturated rings. The zero-order valence-electron chi connectivity index (χ0n) is 8.67. The fraction of sp³-hybridized carbons (Fsp3) is 0. The standard InChI is InChI=1S/C14H10N2/c15-9-14-8-13(10-16-11-14)7-6-12-4-2-1-3-5-12/h1-8,10-11H. The van der Waals surface area contributed by atoms with Gasteiger partial charge < -0.3 is 0 Å². The van der Waals surface area contributed by atoms with Crippen LogP contribution < -0.4 is 0 Å². The van der Waals surface area contributed by atoms with Gasteiger partial charge in [0.2, 0.25) is 0 Å². The van der Waals surface area contributed by atoms with E-state index in [0.29, 0.717) is 5.56 Å². The molecule has 0 N–H and O–H groups in total. The van der Waals surface area contributed by atoms with Gasteiger partial charge in [0, 0.05) is 12.4 Å². The lowest BCUT2D eigenvalue weighted by Crippen LogP contribution is -1.80. The van der Waals surface area contributed by atoms with Gasteiger partial charge in [-0.3, -0.25) is 4.98 Å². The number of aromatic nitrogens is 1.